The first-order chi connectivity index (χ1) is 13.6. The molecule has 0 fully saturated rings. The molecule has 0 saturated heterocycles. The minimum Gasteiger partial charge on any atom is -0.493 e. The van der Waals surface area contributed by atoms with Crippen molar-refractivity contribution < 1.29 is 13.9 Å². The van der Waals surface area contributed by atoms with Crippen LogP contribution in [0.15, 0.2) is 66.7 Å². The normalized spacial score (nSPS) is 10.9. The molecule has 0 spiro atoms. The van der Waals surface area contributed by atoms with E-state index >= 15 is 0 Å². The molecule has 3 aromatic carbocycles. The number of hydrogen-bond donors (Lipinski definition) is 0. The van der Waals surface area contributed by atoms with E-state index in [-0.39, 0.29) is 5.82 Å². The summed E-state index contributed by atoms with van der Waals surface area (Å²) in [6.45, 7) is 2.05. The molecule has 0 N–H and O–H groups in total. The number of fused-ring (bicyclic) bond motifs is 1. The van der Waals surface area contributed by atoms with Crippen molar-refractivity contribution in [3.05, 3.63) is 78.1 Å². The fraction of sp³-hybridized carbons (Fsp3) is 0.125. The van der Waals surface area contributed by atoms with Crippen LogP contribution in [0, 0.1) is 12.7 Å². The number of hydrogen-bond acceptors (Lipinski definition) is 3. The summed E-state index contributed by atoms with van der Waals surface area (Å²) in [7, 11) is 3.24. The second-order valence-electron chi connectivity index (χ2n) is 6.56. The summed E-state index contributed by atoms with van der Waals surface area (Å²) in [6.07, 6.45) is 0. The topological polar surface area (TPSA) is 31.4 Å². The first kappa shape index (κ1) is 18.0. The monoisotopic (exact) mass is 373 g/mol. The van der Waals surface area contributed by atoms with Crippen molar-refractivity contribution in [1.82, 2.24) is 4.98 Å². The molecule has 1 heterocycles. The molecule has 0 aliphatic carbocycles. The van der Waals surface area contributed by atoms with Crippen LogP contribution in [0.5, 0.6) is 11.5 Å². The van der Waals surface area contributed by atoms with Crippen molar-refractivity contribution >= 4 is 10.8 Å². The first-order valence-electron chi connectivity index (χ1n) is 9.00. The zero-order chi connectivity index (χ0) is 19.7. The van der Waals surface area contributed by atoms with E-state index in [0.29, 0.717) is 11.5 Å². The minimum atomic E-state index is -0.275. The Hall–Kier alpha value is -3.40. The van der Waals surface area contributed by atoms with Crippen LogP contribution in [0.4, 0.5) is 4.39 Å². The summed E-state index contributed by atoms with van der Waals surface area (Å²) in [6, 6.07) is 20.3. The van der Waals surface area contributed by atoms with Gasteiger partial charge in [-0.15, -0.1) is 0 Å². The molecule has 0 bridgehead atoms. The Bertz CT molecular complexity index is 1140. The molecule has 0 radical (unpaired) electrons. The Labute approximate surface area is 163 Å². The number of ether oxygens (including phenoxy) is 2. The lowest BCUT2D eigenvalue weighted by Gasteiger charge is -2.16. The first-order valence-corrected chi connectivity index (χ1v) is 9.00. The number of benzene rings is 3. The van der Waals surface area contributed by atoms with Gasteiger partial charge in [-0.25, -0.2) is 9.37 Å². The van der Waals surface area contributed by atoms with E-state index in [1.165, 1.54) is 12.1 Å². The van der Waals surface area contributed by atoms with E-state index in [1.807, 2.05) is 42.5 Å². The standard InChI is InChI=1S/C24H20FNO2/c1-15-19-13-21(27-2)22(28-3)14-20(19)24(17-9-11-18(25)12-10-17)26-23(15)16-7-5-4-6-8-16/h4-14H,1-3H3. The van der Waals surface area contributed by atoms with Crippen LogP contribution in [0.25, 0.3) is 33.3 Å². The van der Waals surface area contributed by atoms with Gasteiger partial charge in [0.1, 0.15) is 5.82 Å². The Morgan fingerprint density at radius 3 is 1.89 bits per heavy atom. The lowest BCUT2D eigenvalue weighted by Crippen LogP contribution is -1.98. The number of aromatic nitrogens is 1. The summed E-state index contributed by atoms with van der Waals surface area (Å²) in [4.78, 5) is 4.98. The summed E-state index contributed by atoms with van der Waals surface area (Å²) in [5, 5.41) is 1.95. The molecule has 4 rings (SSSR count). The van der Waals surface area contributed by atoms with Gasteiger partial charge >= 0.3 is 0 Å². The SMILES string of the molecule is COc1cc2c(-c3ccc(F)cc3)nc(-c3ccccc3)c(C)c2cc1OC. The van der Waals surface area contributed by atoms with Crippen molar-refractivity contribution in [1.29, 1.82) is 0 Å². The van der Waals surface area contributed by atoms with Gasteiger partial charge in [-0.1, -0.05) is 30.3 Å². The largest absolute Gasteiger partial charge is 0.493 e. The Kier molecular flexibility index (Phi) is 4.70. The predicted molar refractivity (Wildman–Crippen MR) is 110 cm³/mol. The van der Waals surface area contributed by atoms with E-state index < -0.39 is 0 Å². The maximum absolute atomic E-state index is 13.5. The quantitative estimate of drug-likeness (QED) is 0.437. The molecule has 0 amide bonds. The van der Waals surface area contributed by atoms with Crippen LogP contribution in [-0.2, 0) is 0 Å². The van der Waals surface area contributed by atoms with Gasteiger partial charge in [-0.3, -0.25) is 0 Å². The summed E-state index contributed by atoms with van der Waals surface area (Å²) in [5.74, 6) is 1.02. The van der Waals surface area contributed by atoms with Crippen LogP contribution in [0.1, 0.15) is 5.56 Å². The van der Waals surface area contributed by atoms with E-state index in [9.17, 15) is 4.39 Å². The Morgan fingerprint density at radius 1 is 0.714 bits per heavy atom. The van der Waals surface area contributed by atoms with E-state index in [0.717, 1.165) is 38.9 Å². The fourth-order valence-electron chi connectivity index (χ4n) is 3.47. The highest BCUT2D eigenvalue weighted by Gasteiger charge is 2.17. The van der Waals surface area contributed by atoms with E-state index in [2.05, 4.69) is 6.92 Å². The average Bonchev–Trinajstić information content (AvgIpc) is 2.74. The minimum absolute atomic E-state index is 0.275. The molecule has 1 aromatic heterocycles. The highest BCUT2D eigenvalue weighted by molar-refractivity contribution is 6.01. The van der Waals surface area contributed by atoms with Gasteiger partial charge in [-0.2, -0.15) is 0 Å². The highest BCUT2D eigenvalue weighted by atomic mass is 19.1. The molecule has 28 heavy (non-hydrogen) atoms. The zero-order valence-corrected chi connectivity index (χ0v) is 16.0. The van der Waals surface area contributed by atoms with Gasteiger partial charge in [0, 0.05) is 16.5 Å². The van der Waals surface area contributed by atoms with Crippen molar-refractivity contribution in [2.75, 3.05) is 14.2 Å². The third-order valence-electron chi connectivity index (χ3n) is 4.93. The van der Waals surface area contributed by atoms with Crippen LogP contribution in [0.3, 0.4) is 0 Å². The smallest absolute Gasteiger partial charge is 0.161 e. The summed E-state index contributed by atoms with van der Waals surface area (Å²) in [5.41, 5.74) is 4.59. The number of methoxy groups -OCH3 is 2. The van der Waals surface area contributed by atoms with Crippen LogP contribution >= 0.6 is 0 Å². The number of pyridine rings is 1. The second-order valence-corrected chi connectivity index (χ2v) is 6.56. The van der Waals surface area contributed by atoms with Crippen LogP contribution in [-0.4, -0.2) is 19.2 Å². The number of halogens is 1. The molecule has 3 nitrogen and oxygen atoms in total. The van der Waals surface area contributed by atoms with Crippen molar-refractivity contribution in [2.45, 2.75) is 6.92 Å². The molecule has 140 valence electrons. The fourth-order valence-corrected chi connectivity index (χ4v) is 3.47. The molecule has 0 aliphatic heterocycles. The lowest BCUT2D eigenvalue weighted by molar-refractivity contribution is 0.356. The summed E-state index contributed by atoms with van der Waals surface area (Å²) >= 11 is 0. The van der Waals surface area contributed by atoms with Crippen molar-refractivity contribution in [2.24, 2.45) is 0 Å². The molecule has 0 atom stereocenters. The van der Waals surface area contributed by atoms with E-state index in [4.69, 9.17) is 14.5 Å². The predicted octanol–water partition coefficient (Wildman–Crippen LogP) is 6.03. The molecular formula is C24H20FNO2. The molecular weight excluding hydrogens is 353 g/mol. The molecule has 4 aromatic rings. The maximum Gasteiger partial charge on any atom is 0.161 e. The van der Waals surface area contributed by atoms with Crippen molar-refractivity contribution in [3.63, 3.8) is 0 Å². The third kappa shape index (κ3) is 3.07. The van der Waals surface area contributed by atoms with Gasteiger partial charge in [0.15, 0.2) is 11.5 Å². The van der Waals surface area contributed by atoms with Crippen molar-refractivity contribution in [3.8, 4) is 34.0 Å². The van der Waals surface area contributed by atoms with Gasteiger partial charge in [-0.05, 0) is 54.3 Å². The van der Waals surface area contributed by atoms with Gasteiger partial charge in [0.25, 0.3) is 0 Å². The number of aryl methyl sites for hydroxylation is 1. The van der Waals surface area contributed by atoms with Crippen LogP contribution < -0.4 is 9.47 Å². The summed E-state index contributed by atoms with van der Waals surface area (Å²) < 4.78 is 24.5. The molecule has 0 saturated carbocycles. The van der Waals surface area contributed by atoms with Gasteiger partial charge < -0.3 is 9.47 Å². The lowest BCUT2D eigenvalue weighted by atomic mass is 9.96. The maximum atomic E-state index is 13.5. The third-order valence-corrected chi connectivity index (χ3v) is 4.93. The van der Waals surface area contributed by atoms with E-state index in [1.54, 1.807) is 26.4 Å². The Balaban J connectivity index is 2.10. The second kappa shape index (κ2) is 7.31. The molecule has 4 heteroatoms. The highest BCUT2D eigenvalue weighted by Crippen LogP contribution is 2.40. The van der Waals surface area contributed by atoms with Gasteiger partial charge in [0.2, 0.25) is 0 Å². The average molecular weight is 373 g/mol. The van der Waals surface area contributed by atoms with Crippen LogP contribution in [0.2, 0.25) is 0 Å². The number of nitrogens with zero attached hydrogens (tertiary/aromatic N) is 1. The molecule has 0 aliphatic rings. The van der Waals surface area contributed by atoms with Gasteiger partial charge in [0.05, 0.1) is 25.6 Å². The Morgan fingerprint density at radius 2 is 1.29 bits per heavy atom. The molecule has 0 unspecified atom stereocenters. The number of rotatable bonds is 4. The zero-order valence-electron chi connectivity index (χ0n) is 16.0.